The molecule has 3 aromatic carbocycles. The standard InChI is InChI=1S/C33H35Cl2N3O5/c1-3-19-40-28-6-4-5-24(20-28)7-14-32(39)36-38-17-15-37(16-18-38)26-9-11-27(12-10-26)41-22-29-23-42-33(2,43-29)30-13-8-25(34)21-31(30)35/h3-14,20-21,29H,1,15-19,22-23H2,2H3,(H,36,39)/b14-7+/t29-,33+/m1/s1. The van der Waals surface area contributed by atoms with Crippen LogP contribution in [0, 0.1) is 0 Å². The van der Waals surface area contributed by atoms with E-state index in [1.807, 2.05) is 66.5 Å². The Morgan fingerprint density at radius 2 is 1.84 bits per heavy atom. The molecule has 2 aliphatic rings. The minimum atomic E-state index is -0.954. The van der Waals surface area contributed by atoms with E-state index in [0.29, 0.717) is 43.0 Å². The van der Waals surface area contributed by atoms with Crippen LogP contribution in [0.5, 0.6) is 11.5 Å². The molecule has 5 rings (SSSR count). The minimum Gasteiger partial charge on any atom is -0.491 e. The molecule has 2 aliphatic heterocycles. The van der Waals surface area contributed by atoms with Gasteiger partial charge in [-0.05, 0) is 67.1 Å². The third-order valence-electron chi connectivity index (χ3n) is 7.20. The van der Waals surface area contributed by atoms with Gasteiger partial charge in [0.2, 0.25) is 0 Å². The van der Waals surface area contributed by atoms with E-state index < -0.39 is 5.79 Å². The lowest BCUT2D eigenvalue weighted by Gasteiger charge is -2.35. The molecular weight excluding hydrogens is 589 g/mol. The number of halogens is 2. The highest BCUT2D eigenvalue weighted by Crippen LogP contribution is 2.38. The summed E-state index contributed by atoms with van der Waals surface area (Å²) in [6.45, 7) is 9.66. The van der Waals surface area contributed by atoms with E-state index in [0.717, 1.165) is 41.4 Å². The molecule has 2 atom stereocenters. The number of hydrogen-bond donors (Lipinski definition) is 1. The summed E-state index contributed by atoms with van der Waals surface area (Å²) in [7, 11) is 0. The zero-order valence-electron chi connectivity index (χ0n) is 24.0. The highest BCUT2D eigenvalue weighted by atomic mass is 35.5. The van der Waals surface area contributed by atoms with Crippen molar-refractivity contribution in [2.75, 3.05) is 50.9 Å². The number of carbonyl (C=O) groups is 1. The lowest BCUT2D eigenvalue weighted by molar-refractivity contribution is -0.164. The van der Waals surface area contributed by atoms with Crippen LogP contribution < -0.4 is 19.8 Å². The average Bonchev–Trinajstić information content (AvgIpc) is 3.40. The second kappa shape index (κ2) is 14.3. The SMILES string of the molecule is C=CCOc1cccc(/C=C/C(=O)NN2CCN(c3ccc(OC[C@@H]4CO[C@](C)(c5ccc(Cl)cc5Cl)O4)cc3)CC2)c1. The number of hydrazine groups is 1. The number of benzene rings is 3. The zero-order valence-corrected chi connectivity index (χ0v) is 25.5. The number of anilines is 1. The molecule has 226 valence electrons. The molecule has 43 heavy (non-hydrogen) atoms. The van der Waals surface area contributed by atoms with Crippen LogP contribution in [0.3, 0.4) is 0 Å². The van der Waals surface area contributed by atoms with Gasteiger partial charge in [-0.1, -0.05) is 54.1 Å². The summed E-state index contributed by atoms with van der Waals surface area (Å²) >= 11 is 12.4. The monoisotopic (exact) mass is 623 g/mol. The van der Waals surface area contributed by atoms with Gasteiger partial charge in [-0.15, -0.1) is 0 Å². The van der Waals surface area contributed by atoms with Crippen LogP contribution in [0.1, 0.15) is 18.1 Å². The smallest absolute Gasteiger partial charge is 0.258 e. The summed E-state index contributed by atoms with van der Waals surface area (Å²) in [6.07, 6.45) is 4.76. The molecule has 1 N–H and O–H groups in total. The van der Waals surface area contributed by atoms with Gasteiger partial charge in [0.25, 0.3) is 5.91 Å². The molecule has 2 saturated heterocycles. The Morgan fingerprint density at radius 3 is 2.58 bits per heavy atom. The quantitative estimate of drug-likeness (QED) is 0.205. The maximum absolute atomic E-state index is 12.5. The van der Waals surface area contributed by atoms with Crippen molar-refractivity contribution in [3.63, 3.8) is 0 Å². The molecule has 10 heteroatoms. The molecule has 2 heterocycles. The van der Waals surface area contributed by atoms with E-state index in [-0.39, 0.29) is 12.0 Å². The van der Waals surface area contributed by atoms with Gasteiger partial charge >= 0.3 is 0 Å². The van der Waals surface area contributed by atoms with Crippen LogP contribution in [0.4, 0.5) is 5.69 Å². The van der Waals surface area contributed by atoms with Crippen molar-refractivity contribution >= 4 is 40.9 Å². The lowest BCUT2D eigenvalue weighted by Crippen LogP contribution is -2.53. The first kappa shape index (κ1) is 30.9. The van der Waals surface area contributed by atoms with Crippen molar-refractivity contribution in [1.29, 1.82) is 0 Å². The number of ether oxygens (including phenoxy) is 4. The van der Waals surface area contributed by atoms with E-state index in [1.54, 1.807) is 24.3 Å². The molecule has 8 nitrogen and oxygen atoms in total. The summed E-state index contributed by atoms with van der Waals surface area (Å²) in [6, 6.07) is 20.8. The number of rotatable bonds is 11. The largest absolute Gasteiger partial charge is 0.491 e. The van der Waals surface area contributed by atoms with Crippen molar-refractivity contribution in [2.45, 2.75) is 18.8 Å². The van der Waals surface area contributed by atoms with Crippen molar-refractivity contribution in [1.82, 2.24) is 10.4 Å². The minimum absolute atomic E-state index is 0.166. The Labute approximate surface area is 262 Å². The van der Waals surface area contributed by atoms with Crippen LogP contribution in [0.15, 0.2) is 85.5 Å². The van der Waals surface area contributed by atoms with Gasteiger partial charge in [0.1, 0.15) is 30.8 Å². The Bertz CT molecular complexity index is 1440. The van der Waals surface area contributed by atoms with Crippen LogP contribution >= 0.6 is 23.2 Å². The summed E-state index contributed by atoms with van der Waals surface area (Å²) in [4.78, 5) is 14.8. The number of hydrogen-bond acceptors (Lipinski definition) is 7. The normalized spacial score (nSPS) is 20.7. The Hall–Kier alpha value is -3.53. The average molecular weight is 625 g/mol. The fourth-order valence-electron chi connectivity index (χ4n) is 4.97. The first-order chi connectivity index (χ1) is 20.8. The Balaban J connectivity index is 1.04. The zero-order chi connectivity index (χ0) is 30.2. The van der Waals surface area contributed by atoms with Crippen molar-refractivity contribution in [3.8, 4) is 11.5 Å². The Morgan fingerprint density at radius 1 is 1.05 bits per heavy atom. The van der Waals surface area contributed by atoms with E-state index in [9.17, 15) is 4.79 Å². The van der Waals surface area contributed by atoms with Crippen LogP contribution in [-0.2, 0) is 20.1 Å². The fraction of sp³-hybridized carbons (Fsp3) is 0.303. The second-order valence-corrected chi connectivity index (χ2v) is 11.2. The molecule has 3 aromatic rings. The summed E-state index contributed by atoms with van der Waals surface area (Å²) in [5.74, 6) is 0.366. The topological polar surface area (TPSA) is 72.5 Å². The molecular formula is C33H35Cl2N3O5. The van der Waals surface area contributed by atoms with Crippen LogP contribution in [-0.4, -0.2) is 63.0 Å². The first-order valence-corrected chi connectivity index (χ1v) is 14.9. The molecule has 0 aromatic heterocycles. The highest BCUT2D eigenvalue weighted by molar-refractivity contribution is 6.35. The number of piperazine rings is 1. The molecule has 0 unspecified atom stereocenters. The van der Waals surface area contributed by atoms with E-state index in [2.05, 4.69) is 16.9 Å². The van der Waals surface area contributed by atoms with E-state index >= 15 is 0 Å². The summed E-state index contributed by atoms with van der Waals surface area (Å²) in [5, 5.41) is 3.00. The van der Waals surface area contributed by atoms with Crippen molar-refractivity contribution in [3.05, 3.63) is 107 Å². The van der Waals surface area contributed by atoms with Gasteiger partial charge in [0.15, 0.2) is 5.79 Å². The molecule has 1 amide bonds. The maximum atomic E-state index is 12.5. The molecule has 2 fully saturated rings. The third-order valence-corrected chi connectivity index (χ3v) is 7.74. The van der Waals surface area contributed by atoms with Crippen molar-refractivity contribution < 1.29 is 23.7 Å². The fourth-order valence-corrected chi connectivity index (χ4v) is 5.55. The van der Waals surface area contributed by atoms with E-state index in [1.165, 1.54) is 6.08 Å². The predicted molar refractivity (Wildman–Crippen MR) is 170 cm³/mol. The number of amides is 1. The lowest BCUT2D eigenvalue weighted by atomic mass is 10.1. The number of nitrogens with zero attached hydrogens (tertiary/aromatic N) is 2. The van der Waals surface area contributed by atoms with Crippen LogP contribution in [0.2, 0.25) is 10.0 Å². The highest BCUT2D eigenvalue weighted by Gasteiger charge is 2.40. The third kappa shape index (κ3) is 8.31. The summed E-state index contributed by atoms with van der Waals surface area (Å²) < 4.78 is 23.7. The Kier molecular flexibility index (Phi) is 10.3. The second-order valence-electron chi connectivity index (χ2n) is 10.4. The summed E-state index contributed by atoms with van der Waals surface area (Å²) in [5.41, 5.74) is 5.69. The number of carbonyl (C=O) groups excluding carboxylic acids is 1. The van der Waals surface area contributed by atoms with Gasteiger partial charge < -0.3 is 23.8 Å². The number of nitrogens with one attached hydrogen (secondary N) is 1. The molecule has 0 aliphatic carbocycles. The predicted octanol–water partition coefficient (Wildman–Crippen LogP) is 6.09. The van der Waals surface area contributed by atoms with Crippen LogP contribution in [0.25, 0.3) is 6.08 Å². The van der Waals surface area contributed by atoms with Crippen molar-refractivity contribution in [2.24, 2.45) is 0 Å². The molecule has 0 spiro atoms. The van der Waals surface area contributed by atoms with E-state index in [4.69, 9.17) is 42.1 Å². The first-order valence-electron chi connectivity index (χ1n) is 14.1. The van der Waals surface area contributed by atoms with Gasteiger partial charge in [-0.2, -0.15) is 0 Å². The van der Waals surface area contributed by atoms with Gasteiger partial charge in [-0.3, -0.25) is 10.2 Å². The molecule has 0 saturated carbocycles. The van der Waals surface area contributed by atoms with Gasteiger partial charge in [0.05, 0.1) is 11.6 Å². The maximum Gasteiger partial charge on any atom is 0.258 e. The van der Waals surface area contributed by atoms with Gasteiger partial charge in [0, 0.05) is 48.5 Å². The van der Waals surface area contributed by atoms with Gasteiger partial charge in [-0.25, -0.2) is 5.01 Å². The molecule has 0 radical (unpaired) electrons. The molecule has 0 bridgehead atoms.